The minimum Gasteiger partial charge on any atom is -0.233 e. The lowest BCUT2D eigenvalue weighted by atomic mass is 10.1. The number of hydrogen-bond acceptors (Lipinski definition) is 0. The second-order valence-corrected chi connectivity index (χ2v) is 5.04. The van der Waals surface area contributed by atoms with Crippen LogP contribution >= 0.6 is 45.2 Å². The van der Waals surface area contributed by atoms with Gasteiger partial charge in [-0.3, -0.25) is 0 Å². The summed E-state index contributed by atoms with van der Waals surface area (Å²) in [6.07, 6.45) is 2.40. The van der Waals surface area contributed by atoms with E-state index in [4.69, 9.17) is 0 Å². The summed E-state index contributed by atoms with van der Waals surface area (Å²) in [6, 6.07) is 0. The Morgan fingerprint density at radius 1 is 1.50 bits per heavy atom. The van der Waals surface area contributed by atoms with Gasteiger partial charge in [-0.2, -0.15) is 0 Å². The standard InChI is InChI=1S/C7H13I2O/c1-2-3-7(10)4-6(9)5-8/h6-7H,2-5H2,1H3. The minimum atomic E-state index is -0.318. The van der Waals surface area contributed by atoms with Crippen LogP contribution in [0.4, 0.5) is 0 Å². The van der Waals surface area contributed by atoms with Gasteiger partial charge in [-0.05, 0) is 12.8 Å². The molecule has 10 heavy (non-hydrogen) atoms. The highest BCUT2D eigenvalue weighted by atomic mass is 127. The first-order valence-electron chi connectivity index (χ1n) is 3.56. The van der Waals surface area contributed by atoms with Crippen LogP contribution in [0.25, 0.3) is 0 Å². The van der Waals surface area contributed by atoms with Gasteiger partial charge in [0.2, 0.25) is 0 Å². The van der Waals surface area contributed by atoms with Crippen LogP contribution in [0.5, 0.6) is 0 Å². The Kier molecular flexibility index (Phi) is 8.10. The van der Waals surface area contributed by atoms with E-state index >= 15 is 0 Å². The highest BCUT2D eigenvalue weighted by molar-refractivity contribution is 14.1. The zero-order valence-corrected chi connectivity index (χ0v) is 10.5. The van der Waals surface area contributed by atoms with E-state index in [0.29, 0.717) is 3.92 Å². The third-order valence-corrected chi connectivity index (χ3v) is 4.99. The Bertz CT molecular complexity index is 78.0. The second kappa shape index (κ2) is 7.09. The quantitative estimate of drug-likeness (QED) is 0.526. The van der Waals surface area contributed by atoms with Gasteiger partial charge in [-0.25, -0.2) is 5.11 Å². The number of rotatable bonds is 5. The van der Waals surface area contributed by atoms with E-state index < -0.39 is 0 Å². The Hall–Kier alpha value is 1.42. The van der Waals surface area contributed by atoms with Crippen molar-refractivity contribution in [3.63, 3.8) is 0 Å². The van der Waals surface area contributed by atoms with E-state index in [9.17, 15) is 5.11 Å². The molecule has 0 aromatic rings. The van der Waals surface area contributed by atoms with Crippen molar-refractivity contribution in [3.05, 3.63) is 0 Å². The van der Waals surface area contributed by atoms with Crippen LogP contribution in [0.2, 0.25) is 0 Å². The smallest absolute Gasteiger partial charge is 0.0940 e. The molecule has 0 fully saturated rings. The van der Waals surface area contributed by atoms with E-state index in [-0.39, 0.29) is 6.10 Å². The molecule has 0 rings (SSSR count). The van der Waals surface area contributed by atoms with Crippen LogP contribution in [0, 0.1) is 0 Å². The van der Waals surface area contributed by atoms with Crippen LogP contribution < -0.4 is 0 Å². The molecule has 0 aromatic heterocycles. The van der Waals surface area contributed by atoms with Crippen molar-refractivity contribution in [2.45, 2.75) is 36.2 Å². The summed E-state index contributed by atoms with van der Waals surface area (Å²) in [5, 5.41) is 11.1. The first kappa shape index (κ1) is 11.4. The SMILES string of the molecule is CCCC([O])CC(I)CI. The molecule has 0 heterocycles. The van der Waals surface area contributed by atoms with Crippen LogP contribution in [-0.2, 0) is 5.11 Å². The van der Waals surface area contributed by atoms with Crippen LogP contribution in [0.15, 0.2) is 0 Å². The molecule has 0 amide bonds. The normalized spacial score (nSPS) is 16.8. The van der Waals surface area contributed by atoms with Gasteiger partial charge in [0, 0.05) is 8.35 Å². The van der Waals surface area contributed by atoms with Crippen molar-refractivity contribution in [2.24, 2.45) is 0 Å². The Balaban J connectivity index is 3.27. The van der Waals surface area contributed by atoms with E-state index in [0.717, 1.165) is 23.7 Å². The first-order valence-corrected chi connectivity index (χ1v) is 6.33. The molecular formula is C7H13I2O. The van der Waals surface area contributed by atoms with Gasteiger partial charge in [0.1, 0.15) is 0 Å². The average molecular weight is 367 g/mol. The molecule has 0 spiro atoms. The first-order chi connectivity index (χ1) is 4.70. The zero-order chi connectivity index (χ0) is 7.98. The molecule has 1 radical (unpaired) electrons. The monoisotopic (exact) mass is 367 g/mol. The van der Waals surface area contributed by atoms with Crippen LogP contribution in [0.1, 0.15) is 26.2 Å². The van der Waals surface area contributed by atoms with Crippen molar-refractivity contribution in [1.82, 2.24) is 0 Å². The van der Waals surface area contributed by atoms with Gasteiger partial charge in [0.25, 0.3) is 0 Å². The molecule has 0 aliphatic carbocycles. The summed E-state index contributed by atoms with van der Waals surface area (Å²) >= 11 is 4.68. The molecule has 0 aromatic carbocycles. The van der Waals surface area contributed by atoms with Gasteiger partial charge >= 0.3 is 0 Å². The lowest BCUT2D eigenvalue weighted by molar-refractivity contribution is 0.0750. The molecule has 2 unspecified atom stereocenters. The van der Waals surface area contributed by atoms with Crippen LogP contribution in [-0.4, -0.2) is 14.5 Å². The summed E-state index contributed by atoms with van der Waals surface area (Å²) < 4.78 is 1.67. The van der Waals surface area contributed by atoms with Gasteiger partial charge in [0.15, 0.2) is 0 Å². The molecule has 0 bridgehead atoms. The lowest BCUT2D eigenvalue weighted by Gasteiger charge is -2.09. The topological polar surface area (TPSA) is 19.9 Å². The Morgan fingerprint density at radius 3 is 2.50 bits per heavy atom. The minimum absolute atomic E-state index is 0.318. The van der Waals surface area contributed by atoms with Gasteiger partial charge in [-0.1, -0.05) is 58.5 Å². The average Bonchev–Trinajstić information content (AvgIpc) is 1.88. The van der Waals surface area contributed by atoms with Crippen LogP contribution in [0.3, 0.4) is 0 Å². The summed E-state index contributed by atoms with van der Waals surface area (Å²) in [4.78, 5) is 0. The van der Waals surface area contributed by atoms with Gasteiger partial charge in [0.05, 0.1) is 6.10 Å². The predicted octanol–water partition coefficient (Wildman–Crippen LogP) is 3.21. The van der Waals surface area contributed by atoms with Crippen molar-refractivity contribution in [2.75, 3.05) is 4.43 Å². The predicted molar refractivity (Wildman–Crippen MR) is 60.7 cm³/mol. The summed E-state index contributed by atoms with van der Waals surface area (Å²) in [7, 11) is 0. The van der Waals surface area contributed by atoms with Crippen molar-refractivity contribution in [3.8, 4) is 0 Å². The zero-order valence-electron chi connectivity index (χ0n) is 6.15. The van der Waals surface area contributed by atoms with Crippen molar-refractivity contribution >= 4 is 45.2 Å². The Morgan fingerprint density at radius 2 is 2.10 bits per heavy atom. The number of hydrogen-bond donors (Lipinski definition) is 0. The molecule has 61 valence electrons. The maximum Gasteiger partial charge on any atom is 0.0940 e. The molecule has 0 saturated heterocycles. The Labute approximate surface area is 90.2 Å². The largest absolute Gasteiger partial charge is 0.233 e. The highest BCUT2D eigenvalue weighted by Gasteiger charge is 2.10. The molecule has 2 atom stereocenters. The molecule has 0 saturated carbocycles. The van der Waals surface area contributed by atoms with Crippen molar-refractivity contribution < 1.29 is 5.11 Å². The summed E-state index contributed by atoms with van der Waals surface area (Å²) in [6.45, 7) is 2.07. The molecule has 0 N–H and O–H groups in total. The molecular weight excluding hydrogens is 354 g/mol. The number of alkyl halides is 2. The maximum atomic E-state index is 11.1. The van der Waals surface area contributed by atoms with Crippen molar-refractivity contribution in [1.29, 1.82) is 0 Å². The van der Waals surface area contributed by atoms with Gasteiger partial charge in [-0.15, -0.1) is 0 Å². The van der Waals surface area contributed by atoms with E-state index in [2.05, 4.69) is 52.1 Å². The third-order valence-electron chi connectivity index (χ3n) is 1.30. The molecule has 0 aliphatic rings. The molecule has 1 nitrogen and oxygen atoms in total. The van der Waals surface area contributed by atoms with E-state index in [1.165, 1.54) is 0 Å². The third kappa shape index (κ3) is 6.15. The van der Waals surface area contributed by atoms with Gasteiger partial charge < -0.3 is 0 Å². The highest BCUT2D eigenvalue weighted by Crippen LogP contribution is 2.14. The fourth-order valence-electron chi connectivity index (χ4n) is 0.788. The number of halogens is 2. The fraction of sp³-hybridized carbons (Fsp3) is 1.00. The molecule has 3 heteroatoms. The summed E-state index contributed by atoms with van der Waals surface area (Å²) in [5.41, 5.74) is 0. The maximum absolute atomic E-state index is 11.1. The second-order valence-electron chi connectivity index (χ2n) is 2.40. The summed E-state index contributed by atoms with van der Waals surface area (Å²) in [5.74, 6) is 0. The lowest BCUT2D eigenvalue weighted by Crippen LogP contribution is -2.12. The molecule has 0 aliphatic heterocycles. The van der Waals surface area contributed by atoms with E-state index in [1.807, 2.05) is 0 Å². The fourth-order valence-corrected chi connectivity index (χ4v) is 1.71. The van der Waals surface area contributed by atoms with E-state index in [1.54, 1.807) is 0 Å².